The molecule has 0 spiro atoms. The Balaban J connectivity index is 2.28. The number of halogens is 1. The van der Waals surface area contributed by atoms with E-state index < -0.39 is 0 Å². The molecule has 0 atom stereocenters. The smallest absolute Gasteiger partial charge is 0.305 e. The molecule has 82 valence electrons. The molecule has 3 heteroatoms. The Bertz CT molecular complexity index is 323. The molecule has 0 radical (unpaired) electrons. The Morgan fingerprint density at radius 2 is 2.27 bits per heavy atom. The van der Waals surface area contributed by atoms with E-state index in [1.165, 1.54) is 0 Å². The SMILES string of the molecule is CCOC(=O)CCCc1cccc(Cl)c1. The number of carbonyl (C=O) groups excluding carboxylic acids is 1. The van der Waals surface area contributed by atoms with Crippen molar-refractivity contribution >= 4 is 17.6 Å². The number of rotatable bonds is 5. The molecule has 0 amide bonds. The van der Waals surface area contributed by atoms with Gasteiger partial charge < -0.3 is 4.74 Å². The highest BCUT2D eigenvalue weighted by molar-refractivity contribution is 6.30. The van der Waals surface area contributed by atoms with Crippen LogP contribution in [0.3, 0.4) is 0 Å². The van der Waals surface area contributed by atoms with Gasteiger partial charge in [-0.2, -0.15) is 0 Å². The zero-order chi connectivity index (χ0) is 11.1. The number of aryl methyl sites for hydroxylation is 1. The third kappa shape index (κ3) is 4.84. The lowest BCUT2D eigenvalue weighted by atomic mass is 10.1. The van der Waals surface area contributed by atoms with E-state index in [2.05, 4.69) is 0 Å². The molecule has 0 bridgehead atoms. The van der Waals surface area contributed by atoms with Gasteiger partial charge in [0.25, 0.3) is 0 Å². The standard InChI is InChI=1S/C12H15ClO2/c1-2-15-12(14)8-4-6-10-5-3-7-11(13)9-10/h3,5,7,9H,2,4,6,8H2,1H3. The van der Waals surface area contributed by atoms with Gasteiger partial charge in [0.15, 0.2) is 0 Å². The van der Waals surface area contributed by atoms with Crippen LogP contribution in [0.4, 0.5) is 0 Å². The zero-order valence-electron chi connectivity index (χ0n) is 8.83. The van der Waals surface area contributed by atoms with Crippen LogP contribution in [0.25, 0.3) is 0 Å². The first-order valence-corrected chi connectivity index (χ1v) is 5.50. The van der Waals surface area contributed by atoms with Crippen molar-refractivity contribution in [2.75, 3.05) is 6.61 Å². The van der Waals surface area contributed by atoms with Crippen LogP contribution in [0, 0.1) is 0 Å². The molecule has 0 saturated heterocycles. The summed E-state index contributed by atoms with van der Waals surface area (Å²) in [6.45, 7) is 2.27. The number of hydrogen-bond acceptors (Lipinski definition) is 2. The van der Waals surface area contributed by atoms with Crippen LogP contribution in [0.1, 0.15) is 25.3 Å². The van der Waals surface area contributed by atoms with E-state index in [1.807, 2.05) is 31.2 Å². The summed E-state index contributed by atoms with van der Waals surface area (Å²) >= 11 is 5.84. The van der Waals surface area contributed by atoms with E-state index in [9.17, 15) is 4.79 Å². The Hall–Kier alpha value is -1.02. The lowest BCUT2D eigenvalue weighted by Gasteiger charge is -2.02. The van der Waals surface area contributed by atoms with Crippen molar-refractivity contribution in [1.29, 1.82) is 0 Å². The van der Waals surface area contributed by atoms with Gasteiger partial charge in [-0.1, -0.05) is 23.7 Å². The monoisotopic (exact) mass is 226 g/mol. The number of benzene rings is 1. The second kappa shape index (κ2) is 6.46. The third-order valence-corrected chi connectivity index (χ3v) is 2.28. The minimum absolute atomic E-state index is 0.125. The summed E-state index contributed by atoms with van der Waals surface area (Å²) in [5.41, 5.74) is 1.16. The summed E-state index contributed by atoms with van der Waals surface area (Å²) in [6.07, 6.45) is 2.14. The van der Waals surface area contributed by atoms with Crippen LogP contribution in [0.2, 0.25) is 5.02 Å². The molecule has 15 heavy (non-hydrogen) atoms. The van der Waals surface area contributed by atoms with Crippen LogP contribution in [-0.4, -0.2) is 12.6 Å². The second-order valence-electron chi connectivity index (χ2n) is 3.29. The quantitative estimate of drug-likeness (QED) is 0.721. The van der Waals surface area contributed by atoms with E-state index in [0.717, 1.165) is 23.4 Å². The lowest BCUT2D eigenvalue weighted by Crippen LogP contribution is -2.03. The van der Waals surface area contributed by atoms with Gasteiger partial charge in [-0.15, -0.1) is 0 Å². The highest BCUT2D eigenvalue weighted by Gasteiger charge is 2.01. The molecule has 1 aromatic rings. The molecular formula is C12H15ClO2. The molecule has 0 aliphatic carbocycles. The summed E-state index contributed by atoms with van der Waals surface area (Å²) in [5.74, 6) is -0.125. The van der Waals surface area contributed by atoms with Crippen LogP contribution in [0.15, 0.2) is 24.3 Å². The molecule has 0 saturated carbocycles. The largest absolute Gasteiger partial charge is 0.466 e. The van der Waals surface area contributed by atoms with Crippen molar-refractivity contribution in [2.24, 2.45) is 0 Å². The van der Waals surface area contributed by atoms with Gasteiger partial charge in [0.05, 0.1) is 6.61 Å². The first-order valence-electron chi connectivity index (χ1n) is 5.12. The number of carbonyl (C=O) groups is 1. The van der Waals surface area contributed by atoms with Crippen molar-refractivity contribution in [3.63, 3.8) is 0 Å². The van der Waals surface area contributed by atoms with Gasteiger partial charge in [0.2, 0.25) is 0 Å². The molecule has 0 aliphatic rings. The summed E-state index contributed by atoms with van der Waals surface area (Å²) in [6, 6.07) is 7.70. The molecule has 1 rings (SSSR count). The van der Waals surface area contributed by atoms with Crippen LogP contribution in [0.5, 0.6) is 0 Å². The average molecular weight is 227 g/mol. The minimum atomic E-state index is -0.125. The van der Waals surface area contributed by atoms with Crippen molar-refractivity contribution in [3.8, 4) is 0 Å². The van der Waals surface area contributed by atoms with Gasteiger partial charge >= 0.3 is 5.97 Å². The number of ether oxygens (including phenoxy) is 1. The van der Waals surface area contributed by atoms with Crippen LogP contribution >= 0.6 is 11.6 Å². The highest BCUT2D eigenvalue weighted by Crippen LogP contribution is 2.12. The molecule has 2 nitrogen and oxygen atoms in total. The summed E-state index contributed by atoms with van der Waals surface area (Å²) < 4.78 is 4.84. The molecule has 0 unspecified atom stereocenters. The molecule has 0 aliphatic heterocycles. The molecular weight excluding hydrogens is 212 g/mol. The maximum absolute atomic E-state index is 11.1. The normalized spacial score (nSPS) is 10.0. The van der Waals surface area contributed by atoms with Crippen molar-refractivity contribution in [3.05, 3.63) is 34.9 Å². The van der Waals surface area contributed by atoms with Crippen molar-refractivity contribution in [2.45, 2.75) is 26.2 Å². The van der Waals surface area contributed by atoms with E-state index in [1.54, 1.807) is 0 Å². The van der Waals surface area contributed by atoms with E-state index in [-0.39, 0.29) is 5.97 Å². The van der Waals surface area contributed by atoms with Crippen LogP contribution < -0.4 is 0 Å². The van der Waals surface area contributed by atoms with Gasteiger partial charge in [0, 0.05) is 11.4 Å². The molecule has 0 aromatic heterocycles. The summed E-state index contributed by atoms with van der Waals surface area (Å²) in [4.78, 5) is 11.1. The van der Waals surface area contributed by atoms with Gasteiger partial charge in [-0.25, -0.2) is 0 Å². The zero-order valence-corrected chi connectivity index (χ0v) is 9.59. The molecule has 0 fully saturated rings. The van der Waals surface area contributed by atoms with E-state index >= 15 is 0 Å². The first kappa shape index (κ1) is 12.1. The van der Waals surface area contributed by atoms with E-state index in [4.69, 9.17) is 16.3 Å². The lowest BCUT2D eigenvalue weighted by molar-refractivity contribution is -0.143. The fourth-order valence-corrected chi connectivity index (χ4v) is 1.58. The Morgan fingerprint density at radius 1 is 1.47 bits per heavy atom. The molecule has 0 N–H and O–H groups in total. The minimum Gasteiger partial charge on any atom is -0.466 e. The fourth-order valence-electron chi connectivity index (χ4n) is 1.36. The topological polar surface area (TPSA) is 26.3 Å². The fraction of sp³-hybridized carbons (Fsp3) is 0.417. The van der Waals surface area contributed by atoms with Gasteiger partial charge in [-0.05, 0) is 37.5 Å². The molecule has 0 heterocycles. The maximum Gasteiger partial charge on any atom is 0.305 e. The Labute approximate surface area is 95.2 Å². The van der Waals surface area contributed by atoms with Gasteiger partial charge in [0.1, 0.15) is 0 Å². The average Bonchev–Trinajstić information content (AvgIpc) is 2.18. The summed E-state index contributed by atoms with van der Waals surface area (Å²) in [7, 11) is 0. The maximum atomic E-state index is 11.1. The highest BCUT2D eigenvalue weighted by atomic mass is 35.5. The van der Waals surface area contributed by atoms with Crippen LogP contribution in [-0.2, 0) is 16.0 Å². The second-order valence-corrected chi connectivity index (χ2v) is 3.72. The Kier molecular flexibility index (Phi) is 5.19. The first-order chi connectivity index (χ1) is 7.22. The van der Waals surface area contributed by atoms with Crippen molar-refractivity contribution < 1.29 is 9.53 Å². The number of hydrogen-bond donors (Lipinski definition) is 0. The number of esters is 1. The Morgan fingerprint density at radius 3 is 2.93 bits per heavy atom. The third-order valence-electron chi connectivity index (χ3n) is 2.04. The van der Waals surface area contributed by atoms with Gasteiger partial charge in [-0.3, -0.25) is 4.79 Å². The predicted molar refractivity (Wildman–Crippen MR) is 61.0 cm³/mol. The summed E-state index contributed by atoms with van der Waals surface area (Å²) in [5, 5.41) is 0.739. The van der Waals surface area contributed by atoms with Crippen molar-refractivity contribution in [1.82, 2.24) is 0 Å². The van der Waals surface area contributed by atoms with E-state index in [0.29, 0.717) is 13.0 Å². The molecule has 1 aromatic carbocycles. The predicted octanol–water partition coefficient (Wildman–Crippen LogP) is 3.23.